The van der Waals surface area contributed by atoms with Gasteiger partial charge in [-0.2, -0.15) is 0 Å². The van der Waals surface area contributed by atoms with Crippen molar-refractivity contribution in [3.63, 3.8) is 0 Å². The zero-order valence-corrected chi connectivity index (χ0v) is 10.4. The summed E-state index contributed by atoms with van der Waals surface area (Å²) >= 11 is 0. The second-order valence-electron chi connectivity index (χ2n) is 6.03. The van der Waals surface area contributed by atoms with Crippen molar-refractivity contribution in [1.82, 2.24) is 10.2 Å². The Kier molecular flexibility index (Phi) is 3.96. The van der Waals surface area contributed by atoms with Crippen LogP contribution in [0.3, 0.4) is 0 Å². The van der Waals surface area contributed by atoms with Crippen LogP contribution in [-0.4, -0.2) is 37.1 Å². The molecule has 14 heavy (non-hydrogen) atoms. The van der Waals surface area contributed by atoms with Gasteiger partial charge in [0, 0.05) is 32.2 Å². The number of nitrogens with one attached hydrogen (secondary N) is 1. The third kappa shape index (κ3) is 3.97. The average molecular weight is 198 g/mol. The molecule has 1 heterocycles. The number of nitrogens with zero attached hydrogens (tertiary/aromatic N) is 1. The van der Waals surface area contributed by atoms with E-state index >= 15 is 0 Å². The van der Waals surface area contributed by atoms with E-state index in [-0.39, 0.29) is 0 Å². The van der Waals surface area contributed by atoms with Crippen molar-refractivity contribution in [2.75, 3.05) is 26.2 Å². The fourth-order valence-corrected chi connectivity index (χ4v) is 2.28. The van der Waals surface area contributed by atoms with Gasteiger partial charge >= 0.3 is 0 Å². The fraction of sp³-hybridized carbons (Fsp3) is 1.00. The van der Waals surface area contributed by atoms with Gasteiger partial charge in [-0.25, -0.2) is 0 Å². The fourth-order valence-electron chi connectivity index (χ4n) is 2.28. The Morgan fingerprint density at radius 1 is 1.43 bits per heavy atom. The Morgan fingerprint density at radius 2 is 2.07 bits per heavy atom. The first-order valence-electron chi connectivity index (χ1n) is 5.85. The van der Waals surface area contributed by atoms with Crippen molar-refractivity contribution in [2.45, 2.75) is 40.7 Å². The molecule has 1 unspecified atom stereocenters. The first-order valence-corrected chi connectivity index (χ1v) is 5.85. The second-order valence-corrected chi connectivity index (χ2v) is 6.03. The Morgan fingerprint density at radius 3 is 2.64 bits per heavy atom. The van der Waals surface area contributed by atoms with Gasteiger partial charge in [-0.1, -0.05) is 27.7 Å². The van der Waals surface area contributed by atoms with Crippen molar-refractivity contribution in [3.8, 4) is 0 Å². The van der Waals surface area contributed by atoms with Gasteiger partial charge in [0.25, 0.3) is 0 Å². The van der Waals surface area contributed by atoms with Crippen LogP contribution in [0.4, 0.5) is 0 Å². The van der Waals surface area contributed by atoms with E-state index in [4.69, 9.17) is 0 Å². The molecule has 2 nitrogen and oxygen atoms in total. The molecule has 0 aliphatic carbocycles. The summed E-state index contributed by atoms with van der Waals surface area (Å²) in [4.78, 5) is 2.61. The molecule has 0 bridgehead atoms. The lowest BCUT2D eigenvalue weighted by atomic mass is 9.93. The molecule has 1 N–H and O–H groups in total. The molecule has 1 saturated heterocycles. The lowest BCUT2D eigenvalue weighted by Gasteiger charge is -2.30. The van der Waals surface area contributed by atoms with Crippen LogP contribution in [0.5, 0.6) is 0 Å². The highest BCUT2D eigenvalue weighted by molar-refractivity contribution is 4.84. The van der Waals surface area contributed by atoms with E-state index in [0.717, 1.165) is 12.5 Å². The van der Waals surface area contributed by atoms with Gasteiger partial charge in [-0.05, 0) is 18.3 Å². The zero-order valence-electron chi connectivity index (χ0n) is 10.4. The van der Waals surface area contributed by atoms with Gasteiger partial charge in [-0.15, -0.1) is 0 Å². The first-order chi connectivity index (χ1) is 6.39. The summed E-state index contributed by atoms with van der Waals surface area (Å²) in [7, 11) is 0. The monoisotopic (exact) mass is 198 g/mol. The zero-order chi connectivity index (χ0) is 10.8. The lowest BCUT2D eigenvalue weighted by Crippen LogP contribution is -2.37. The van der Waals surface area contributed by atoms with Crippen LogP contribution in [0.2, 0.25) is 0 Å². The van der Waals surface area contributed by atoms with E-state index in [1.807, 2.05) is 0 Å². The van der Waals surface area contributed by atoms with Crippen LogP contribution in [0.15, 0.2) is 0 Å². The molecule has 1 rings (SSSR count). The van der Waals surface area contributed by atoms with Gasteiger partial charge in [-0.3, -0.25) is 0 Å². The number of hydrogen-bond acceptors (Lipinski definition) is 2. The van der Waals surface area contributed by atoms with E-state index in [9.17, 15) is 0 Å². The highest BCUT2D eigenvalue weighted by atomic mass is 15.2. The summed E-state index contributed by atoms with van der Waals surface area (Å²) in [6, 6.07) is 0.635. The molecule has 0 saturated carbocycles. The van der Waals surface area contributed by atoms with Crippen molar-refractivity contribution in [1.29, 1.82) is 0 Å². The van der Waals surface area contributed by atoms with Crippen LogP contribution in [-0.2, 0) is 0 Å². The normalized spacial score (nSPS) is 29.1. The molecule has 1 aliphatic rings. The van der Waals surface area contributed by atoms with Crippen molar-refractivity contribution in [3.05, 3.63) is 0 Å². The van der Waals surface area contributed by atoms with Crippen molar-refractivity contribution >= 4 is 0 Å². The lowest BCUT2D eigenvalue weighted by molar-refractivity contribution is 0.184. The average Bonchev–Trinajstić information content (AvgIpc) is 2.08. The summed E-state index contributed by atoms with van der Waals surface area (Å²) < 4.78 is 0. The molecule has 1 fully saturated rings. The topological polar surface area (TPSA) is 15.3 Å². The van der Waals surface area contributed by atoms with E-state index in [1.54, 1.807) is 0 Å². The molecule has 84 valence electrons. The van der Waals surface area contributed by atoms with Gasteiger partial charge in [0.15, 0.2) is 0 Å². The third-order valence-electron chi connectivity index (χ3n) is 2.74. The van der Waals surface area contributed by atoms with Crippen LogP contribution in [0.25, 0.3) is 0 Å². The molecule has 0 aromatic heterocycles. The van der Waals surface area contributed by atoms with E-state index in [0.29, 0.717) is 11.5 Å². The SMILES string of the molecule is CC(C)CN1CC(C)NCC(C)(C)C1. The number of hydrogen-bond donors (Lipinski definition) is 1. The molecule has 2 heteroatoms. The maximum absolute atomic E-state index is 3.60. The molecule has 1 atom stereocenters. The molecule has 0 spiro atoms. The summed E-state index contributed by atoms with van der Waals surface area (Å²) in [5.41, 5.74) is 0.416. The van der Waals surface area contributed by atoms with Crippen LogP contribution < -0.4 is 5.32 Å². The molecule has 0 aromatic carbocycles. The Labute approximate surface area is 89.1 Å². The smallest absolute Gasteiger partial charge is 0.0166 e. The van der Waals surface area contributed by atoms with Crippen molar-refractivity contribution < 1.29 is 0 Å². The van der Waals surface area contributed by atoms with E-state index in [1.165, 1.54) is 19.6 Å². The minimum atomic E-state index is 0.416. The van der Waals surface area contributed by atoms with Gasteiger partial charge < -0.3 is 10.2 Å². The summed E-state index contributed by atoms with van der Waals surface area (Å²) in [6.45, 7) is 16.4. The summed E-state index contributed by atoms with van der Waals surface area (Å²) in [5, 5.41) is 3.60. The highest BCUT2D eigenvalue weighted by Crippen LogP contribution is 2.19. The first kappa shape index (κ1) is 12.0. The standard InChI is InChI=1S/C12H26N2/c1-10(2)6-14-7-11(3)13-8-12(4,5)9-14/h10-11,13H,6-9H2,1-5H3. The minimum absolute atomic E-state index is 0.416. The van der Waals surface area contributed by atoms with Crippen LogP contribution in [0.1, 0.15) is 34.6 Å². The maximum Gasteiger partial charge on any atom is 0.0166 e. The van der Waals surface area contributed by atoms with E-state index < -0.39 is 0 Å². The van der Waals surface area contributed by atoms with Gasteiger partial charge in [0.05, 0.1) is 0 Å². The minimum Gasteiger partial charge on any atom is -0.312 e. The molecular weight excluding hydrogens is 172 g/mol. The van der Waals surface area contributed by atoms with Crippen molar-refractivity contribution in [2.24, 2.45) is 11.3 Å². The largest absolute Gasteiger partial charge is 0.312 e. The molecule has 1 aliphatic heterocycles. The molecular formula is C12H26N2. The van der Waals surface area contributed by atoms with E-state index in [2.05, 4.69) is 44.8 Å². The Hall–Kier alpha value is -0.0800. The second kappa shape index (κ2) is 4.63. The Balaban J connectivity index is 2.55. The maximum atomic E-state index is 3.60. The number of rotatable bonds is 2. The highest BCUT2D eigenvalue weighted by Gasteiger charge is 2.27. The predicted molar refractivity (Wildman–Crippen MR) is 62.5 cm³/mol. The third-order valence-corrected chi connectivity index (χ3v) is 2.74. The summed E-state index contributed by atoms with van der Waals surface area (Å²) in [6.07, 6.45) is 0. The summed E-state index contributed by atoms with van der Waals surface area (Å²) in [5.74, 6) is 0.774. The molecule has 0 aromatic rings. The quantitative estimate of drug-likeness (QED) is 0.730. The van der Waals surface area contributed by atoms with Gasteiger partial charge in [0.2, 0.25) is 0 Å². The Bertz CT molecular complexity index is 175. The van der Waals surface area contributed by atoms with Crippen LogP contribution >= 0.6 is 0 Å². The predicted octanol–water partition coefficient (Wildman–Crippen LogP) is 1.96. The van der Waals surface area contributed by atoms with Crippen LogP contribution in [0, 0.1) is 11.3 Å². The van der Waals surface area contributed by atoms with Gasteiger partial charge in [0.1, 0.15) is 0 Å². The molecule has 0 amide bonds. The molecule has 0 radical (unpaired) electrons.